The van der Waals surface area contributed by atoms with Crippen molar-refractivity contribution in [2.45, 2.75) is 25.5 Å². The average molecular weight is 616 g/mol. The Hall–Kier alpha value is -5.06. The second-order valence-corrected chi connectivity index (χ2v) is 8.50. The number of halogens is 8. The van der Waals surface area contributed by atoms with Crippen LogP contribution in [0.4, 0.5) is 40.9 Å². The number of benzene rings is 2. The molecule has 0 atom stereocenters. The van der Waals surface area contributed by atoms with E-state index in [4.69, 9.17) is 9.78 Å². The number of esters is 1. The third kappa shape index (κ3) is 7.82. The number of hydrogen-bond acceptors (Lipinski definition) is 7. The molecule has 0 saturated carbocycles. The van der Waals surface area contributed by atoms with Crippen LogP contribution in [0.3, 0.4) is 0 Å². The van der Waals surface area contributed by atoms with Gasteiger partial charge in [0, 0.05) is 30.2 Å². The highest BCUT2D eigenvalue weighted by Crippen LogP contribution is 2.35. The first-order valence-corrected chi connectivity index (χ1v) is 11.7. The summed E-state index contributed by atoms with van der Waals surface area (Å²) in [5.74, 6) is -9.75. The predicted octanol–water partition coefficient (Wildman–Crippen LogP) is 5.85. The lowest BCUT2D eigenvalue weighted by atomic mass is 10.1. The van der Waals surface area contributed by atoms with E-state index in [0.29, 0.717) is 23.8 Å². The fourth-order valence-electron chi connectivity index (χ4n) is 3.51. The quantitative estimate of drug-likeness (QED) is 0.0827. The molecule has 0 aliphatic carbocycles. The Balaban J connectivity index is 1.46. The van der Waals surface area contributed by atoms with Crippen LogP contribution in [0, 0.1) is 11.6 Å². The maximum Gasteiger partial charge on any atom is 0.491 e. The van der Waals surface area contributed by atoms with Crippen LogP contribution in [0.5, 0.6) is 11.5 Å². The van der Waals surface area contributed by atoms with Gasteiger partial charge in [0.1, 0.15) is 18.0 Å². The molecule has 0 saturated heterocycles. The minimum absolute atomic E-state index is 0.0878. The Morgan fingerprint density at radius 2 is 1.74 bits per heavy atom. The van der Waals surface area contributed by atoms with Crippen molar-refractivity contribution in [1.82, 2.24) is 14.8 Å². The molecule has 0 aliphatic rings. The molecular formula is C26H16F8N4O5. The van der Waals surface area contributed by atoms with Gasteiger partial charge in [0.2, 0.25) is 0 Å². The molecule has 2 aromatic heterocycles. The smallest absolute Gasteiger partial charge is 0.417 e. The minimum Gasteiger partial charge on any atom is -0.417 e. The average Bonchev–Trinajstić information content (AvgIpc) is 3.37. The summed E-state index contributed by atoms with van der Waals surface area (Å²) in [6.45, 7) is -0.567. The molecule has 0 aliphatic heterocycles. The fraction of sp³-hybridized carbons (Fsp3) is 0.154. The fourth-order valence-corrected chi connectivity index (χ4v) is 3.51. The van der Waals surface area contributed by atoms with Crippen molar-refractivity contribution < 1.29 is 59.2 Å². The third-order valence-electron chi connectivity index (χ3n) is 5.42. The highest BCUT2D eigenvalue weighted by Gasteiger charge is 2.42. The number of carbonyl (C=O) groups excluding carboxylic acids is 2. The summed E-state index contributed by atoms with van der Waals surface area (Å²) in [5, 5.41) is 5.81. The van der Waals surface area contributed by atoms with Crippen LogP contribution in [0.2, 0.25) is 0 Å². The molecule has 43 heavy (non-hydrogen) atoms. The number of rotatable bonds is 9. The number of anilines is 1. The molecule has 1 amide bonds. The molecule has 2 heterocycles. The first-order valence-electron chi connectivity index (χ1n) is 11.7. The molecule has 4 rings (SSSR count). The van der Waals surface area contributed by atoms with E-state index in [1.54, 1.807) is 12.1 Å². The standard InChI is InChI=1S/C26H16F8N4O5/c27-18-5-6-19(42-24(40)26(32,33)34)22(28)21(18)23(39)36-20-7-9-38(37-20)12-15-3-4-16(10-17(15)25(29,30)31)43-41-13-14-2-1-8-35-11-14/h1-11H,12-13H2,(H,36,37,39). The number of alkyl halides is 6. The molecule has 0 unspecified atom stereocenters. The molecule has 226 valence electrons. The van der Waals surface area contributed by atoms with Gasteiger partial charge in [-0.05, 0) is 35.9 Å². The monoisotopic (exact) mass is 616 g/mol. The van der Waals surface area contributed by atoms with Gasteiger partial charge in [-0.25, -0.2) is 13.6 Å². The van der Waals surface area contributed by atoms with Crippen LogP contribution in [0.1, 0.15) is 27.0 Å². The van der Waals surface area contributed by atoms with Crippen LogP contribution in [-0.4, -0.2) is 32.8 Å². The molecule has 0 radical (unpaired) electrons. The van der Waals surface area contributed by atoms with E-state index in [0.717, 1.165) is 23.0 Å². The van der Waals surface area contributed by atoms with Gasteiger partial charge in [-0.15, -0.1) is 0 Å². The molecule has 0 spiro atoms. The molecule has 17 heteroatoms. The highest BCUT2D eigenvalue weighted by molar-refractivity contribution is 6.04. The van der Waals surface area contributed by atoms with Gasteiger partial charge in [-0.1, -0.05) is 12.1 Å². The number of carbonyl (C=O) groups is 2. The zero-order chi connectivity index (χ0) is 31.4. The van der Waals surface area contributed by atoms with Crippen molar-refractivity contribution in [1.29, 1.82) is 0 Å². The highest BCUT2D eigenvalue weighted by atomic mass is 19.4. The lowest BCUT2D eigenvalue weighted by Crippen LogP contribution is -2.28. The maximum atomic E-state index is 14.6. The van der Waals surface area contributed by atoms with Crippen LogP contribution >= 0.6 is 0 Å². The number of nitrogens with zero attached hydrogens (tertiary/aromatic N) is 3. The van der Waals surface area contributed by atoms with E-state index < -0.39 is 59.3 Å². The molecule has 0 bridgehead atoms. The Morgan fingerprint density at radius 3 is 2.42 bits per heavy atom. The van der Waals surface area contributed by atoms with Gasteiger partial charge in [0.25, 0.3) is 5.91 Å². The summed E-state index contributed by atoms with van der Waals surface area (Å²) in [4.78, 5) is 37.3. The third-order valence-corrected chi connectivity index (χ3v) is 5.42. The summed E-state index contributed by atoms with van der Waals surface area (Å²) in [7, 11) is 0. The first kappa shape index (κ1) is 30.9. The first-order chi connectivity index (χ1) is 20.2. The number of amides is 1. The summed E-state index contributed by atoms with van der Waals surface area (Å²) < 4.78 is 112. The minimum atomic E-state index is -5.50. The molecule has 4 aromatic rings. The lowest BCUT2D eigenvalue weighted by molar-refractivity contribution is -0.218. The van der Waals surface area contributed by atoms with Crippen molar-refractivity contribution in [3.05, 3.63) is 101 Å². The Morgan fingerprint density at radius 1 is 0.977 bits per heavy atom. The van der Waals surface area contributed by atoms with Crippen molar-refractivity contribution in [2.75, 3.05) is 5.32 Å². The van der Waals surface area contributed by atoms with Crippen molar-refractivity contribution in [3.8, 4) is 11.5 Å². The van der Waals surface area contributed by atoms with Gasteiger partial charge in [-0.2, -0.15) is 36.3 Å². The summed E-state index contributed by atoms with van der Waals surface area (Å²) in [6.07, 6.45) is -6.17. The molecular weight excluding hydrogens is 600 g/mol. The summed E-state index contributed by atoms with van der Waals surface area (Å²) in [5.41, 5.74) is -2.16. The second kappa shape index (κ2) is 12.4. The van der Waals surface area contributed by atoms with Crippen LogP contribution < -0.4 is 14.9 Å². The summed E-state index contributed by atoms with van der Waals surface area (Å²) in [6, 6.07) is 8.17. The van der Waals surface area contributed by atoms with E-state index in [9.17, 15) is 44.7 Å². The Labute approximate surface area is 235 Å². The maximum absolute atomic E-state index is 14.6. The van der Waals surface area contributed by atoms with Gasteiger partial charge in [0.15, 0.2) is 23.1 Å². The van der Waals surface area contributed by atoms with Crippen molar-refractivity contribution in [3.63, 3.8) is 0 Å². The van der Waals surface area contributed by atoms with Crippen molar-refractivity contribution >= 4 is 17.7 Å². The number of pyridine rings is 1. The van der Waals surface area contributed by atoms with Crippen LogP contribution in [0.25, 0.3) is 0 Å². The molecule has 9 nitrogen and oxygen atoms in total. The van der Waals surface area contributed by atoms with Crippen molar-refractivity contribution in [2.24, 2.45) is 0 Å². The Bertz CT molecular complexity index is 1620. The second-order valence-electron chi connectivity index (χ2n) is 8.50. The van der Waals surface area contributed by atoms with Gasteiger partial charge in [0.05, 0.1) is 12.1 Å². The predicted molar refractivity (Wildman–Crippen MR) is 128 cm³/mol. The van der Waals surface area contributed by atoms with E-state index in [2.05, 4.69) is 14.8 Å². The van der Waals surface area contributed by atoms with Gasteiger partial charge in [-0.3, -0.25) is 14.5 Å². The van der Waals surface area contributed by atoms with Gasteiger partial charge >= 0.3 is 18.3 Å². The van der Waals surface area contributed by atoms with E-state index in [-0.39, 0.29) is 23.7 Å². The topological polar surface area (TPSA) is 105 Å². The molecule has 2 aromatic carbocycles. The normalized spacial score (nSPS) is 11.7. The van der Waals surface area contributed by atoms with Crippen LogP contribution in [-0.2, 0) is 29.0 Å². The molecule has 0 fully saturated rings. The van der Waals surface area contributed by atoms with Gasteiger partial charge < -0.3 is 14.9 Å². The molecule has 1 N–H and O–H groups in total. The number of aromatic nitrogens is 3. The number of hydrogen-bond donors (Lipinski definition) is 1. The largest absolute Gasteiger partial charge is 0.491 e. The van der Waals surface area contributed by atoms with E-state index in [1.807, 2.05) is 5.32 Å². The van der Waals surface area contributed by atoms with E-state index in [1.165, 1.54) is 18.5 Å². The SMILES string of the molecule is O=C(Nc1ccn(Cc2ccc(OOCc3cccnc3)cc2C(F)(F)F)n1)c1c(F)ccc(OC(=O)C(F)(F)F)c1F. The van der Waals surface area contributed by atoms with E-state index >= 15 is 0 Å². The lowest BCUT2D eigenvalue weighted by Gasteiger charge is -2.14. The summed E-state index contributed by atoms with van der Waals surface area (Å²) >= 11 is 0. The number of nitrogens with one attached hydrogen (secondary N) is 1. The zero-order valence-corrected chi connectivity index (χ0v) is 21.2. The van der Waals surface area contributed by atoms with Crippen LogP contribution in [0.15, 0.2) is 67.1 Å². The zero-order valence-electron chi connectivity index (χ0n) is 21.2. The Kier molecular flexibility index (Phi) is 8.93. The number of ether oxygens (including phenoxy) is 1.